The Morgan fingerprint density at radius 2 is 1.86 bits per heavy atom. The lowest BCUT2D eigenvalue weighted by atomic mass is 10.2. The first-order valence-electron chi connectivity index (χ1n) is 10.2. The number of carbonyl (C=O) groups is 1. The fraction of sp³-hybridized carbons (Fsp3) is 0.174. The molecule has 0 saturated carbocycles. The molecule has 4 aromatic rings. The number of anilines is 1. The molecule has 182 valence electrons. The van der Waals surface area contributed by atoms with Crippen LogP contribution in [0.25, 0.3) is 10.9 Å². The largest absolute Gasteiger partial charge is 0.436 e. The monoisotopic (exact) mass is 491 g/mol. The Morgan fingerprint density at radius 1 is 1.09 bits per heavy atom. The van der Waals surface area contributed by atoms with Crippen molar-refractivity contribution < 1.29 is 31.5 Å². The summed E-state index contributed by atoms with van der Waals surface area (Å²) in [5.74, 6) is -1.88. The molecule has 0 aliphatic rings. The lowest BCUT2D eigenvalue weighted by molar-refractivity contribution is -0.137. The number of carbonyl (C=O) groups excluding carboxylic acids is 1. The zero-order valence-electron chi connectivity index (χ0n) is 18.4. The fourth-order valence-electron chi connectivity index (χ4n) is 3.50. The van der Waals surface area contributed by atoms with Gasteiger partial charge in [0.1, 0.15) is 12.1 Å². The molecule has 4 rings (SSSR count). The lowest BCUT2D eigenvalue weighted by Crippen LogP contribution is -2.21. The smallest absolute Gasteiger partial charge is 0.416 e. The quantitative estimate of drug-likeness (QED) is 0.354. The minimum absolute atomic E-state index is 0.0177. The number of ether oxygens (including phenoxy) is 1. The Bertz CT molecular complexity index is 1420. The molecule has 7 nitrogen and oxygen atoms in total. The Labute approximate surface area is 195 Å². The van der Waals surface area contributed by atoms with Gasteiger partial charge in [-0.15, -0.1) is 0 Å². The van der Waals surface area contributed by atoms with Crippen LogP contribution in [0.3, 0.4) is 0 Å². The number of alkyl halides is 3. The van der Waals surface area contributed by atoms with Crippen LogP contribution in [0.1, 0.15) is 17.0 Å². The van der Waals surface area contributed by atoms with Crippen LogP contribution in [-0.2, 0) is 12.7 Å². The second-order valence-corrected chi connectivity index (χ2v) is 7.53. The van der Waals surface area contributed by atoms with Crippen LogP contribution in [-0.4, -0.2) is 27.6 Å². The number of halogens is 5. The summed E-state index contributed by atoms with van der Waals surface area (Å²) in [7, 11) is 1.74. The number of fused-ring (bicyclic) bond motifs is 1. The second kappa shape index (κ2) is 9.29. The molecule has 0 unspecified atom stereocenters. The highest BCUT2D eigenvalue weighted by Gasteiger charge is 2.31. The number of hydrogen-bond donors (Lipinski definition) is 2. The molecule has 0 radical (unpaired) electrons. The number of amides is 1. The van der Waals surface area contributed by atoms with Gasteiger partial charge in [-0.3, -0.25) is 4.57 Å². The van der Waals surface area contributed by atoms with Gasteiger partial charge in [0, 0.05) is 23.7 Å². The van der Waals surface area contributed by atoms with E-state index >= 15 is 4.39 Å². The predicted octanol–water partition coefficient (Wildman–Crippen LogP) is 5.63. The molecule has 0 atom stereocenters. The summed E-state index contributed by atoms with van der Waals surface area (Å²) in [6.45, 7) is 1.94. The Morgan fingerprint density at radius 3 is 2.57 bits per heavy atom. The number of nitrogens with one attached hydrogen (secondary N) is 2. The minimum atomic E-state index is -4.72. The summed E-state index contributed by atoms with van der Waals surface area (Å²) in [6, 6.07) is 6.29. The topological polar surface area (TPSA) is 81.1 Å². The van der Waals surface area contributed by atoms with Crippen LogP contribution < -0.4 is 15.4 Å². The van der Waals surface area contributed by atoms with Gasteiger partial charge in [0.15, 0.2) is 11.6 Å². The Kier molecular flexibility index (Phi) is 6.39. The molecule has 0 spiro atoms. The van der Waals surface area contributed by atoms with Crippen LogP contribution in [0.2, 0.25) is 0 Å². The van der Waals surface area contributed by atoms with Crippen molar-refractivity contribution in [3.05, 3.63) is 77.4 Å². The van der Waals surface area contributed by atoms with E-state index in [1.165, 1.54) is 37.5 Å². The third kappa shape index (κ3) is 4.92. The summed E-state index contributed by atoms with van der Waals surface area (Å²) in [5.41, 5.74) is -0.791. The maximum absolute atomic E-state index is 15.2. The molecule has 12 heteroatoms. The van der Waals surface area contributed by atoms with E-state index in [1.807, 2.05) is 0 Å². The van der Waals surface area contributed by atoms with Crippen LogP contribution >= 0.6 is 0 Å². The third-order valence-electron chi connectivity index (χ3n) is 5.08. The van der Waals surface area contributed by atoms with Crippen LogP contribution in [0.4, 0.5) is 32.4 Å². The van der Waals surface area contributed by atoms with Crippen molar-refractivity contribution in [2.45, 2.75) is 19.6 Å². The first kappa shape index (κ1) is 24.1. The minimum Gasteiger partial charge on any atom is -0.436 e. The van der Waals surface area contributed by atoms with Gasteiger partial charge in [-0.25, -0.2) is 23.5 Å². The van der Waals surface area contributed by atoms with Crippen LogP contribution in [0.5, 0.6) is 11.6 Å². The zero-order chi connectivity index (χ0) is 25.3. The summed E-state index contributed by atoms with van der Waals surface area (Å²) in [4.78, 5) is 20.8. The van der Waals surface area contributed by atoms with Crippen molar-refractivity contribution >= 4 is 22.6 Å². The highest BCUT2D eigenvalue weighted by Crippen LogP contribution is 2.33. The van der Waals surface area contributed by atoms with E-state index in [1.54, 1.807) is 7.05 Å². The van der Waals surface area contributed by atoms with Crippen molar-refractivity contribution in [1.29, 1.82) is 0 Å². The normalized spacial score (nSPS) is 11.6. The highest BCUT2D eigenvalue weighted by atomic mass is 19.4. The maximum atomic E-state index is 15.2. The molecule has 0 bridgehead atoms. The molecular weight excluding hydrogens is 473 g/mol. The van der Waals surface area contributed by atoms with Gasteiger partial charge >= 0.3 is 12.2 Å². The molecule has 35 heavy (non-hydrogen) atoms. The average molecular weight is 491 g/mol. The van der Waals surface area contributed by atoms with Crippen molar-refractivity contribution in [3.8, 4) is 11.6 Å². The van der Waals surface area contributed by atoms with Gasteiger partial charge in [0.05, 0.1) is 22.5 Å². The van der Waals surface area contributed by atoms with Gasteiger partial charge in [0.2, 0.25) is 5.88 Å². The summed E-state index contributed by atoms with van der Waals surface area (Å²) in [5, 5.41) is 5.06. The first-order chi connectivity index (χ1) is 16.6. The number of benzene rings is 2. The van der Waals surface area contributed by atoms with Crippen molar-refractivity contribution in [1.82, 2.24) is 19.9 Å². The Hall–Kier alpha value is -4.06. The van der Waals surface area contributed by atoms with Gasteiger partial charge in [-0.2, -0.15) is 13.2 Å². The van der Waals surface area contributed by atoms with E-state index in [2.05, 4.69) is 20.6 Å². The molecule has 0 saturated heterocycles. The van der Waals surface area contributed by atoms with Gasteiger partial charge < -0.3 is 15.4 Å². The summed E-state index contributed by atoms with van der Waals surface area (Å²) in [6.07, 6.45) is -3.45. The van der Waals surface area contributed by atoms with Gasteiger partial charge in [-0.1, -0.05) is 0 Å². The van der Waals surface area contributed by atoms with Gasteiger partial charge in [0.25, 0.3) is 0 Å². The van der Waals surface area contributed by atoms with E-state index in [0.29, 0.717) is 30.4 Å². The molecule has 2 aromatic heterocycles. The van der Waals surface area contributed by atoms with Gasteiger partial charge in [-0.05, 0) is 50.4 Å². The maximum Gasteiger partial charge on any atom is 0.416 e. The first-order valence-corrected chi connectivity index (χ1v) is 10.2. The van der Waals surface area contributed by atoms with E-state index < -0.39 is 35.1 Å². The Balaban J connectivity index is 1.65. The highest BCUT2D eigenvalue weighted by molar-refractivity contribution is 6.00. The summed E-state index contributed by atoms with van der Waals surface area (Å²) < 4.78 is 74.8. The van der Waals surface area contributed by atoms with E-state index in [-0.39, 0.29) is 28.2 Å². The van der Waals surface area contributed by atoms with Crippen LogP contribution in [0.15, 0.2) is 48.8 Å². The summed E-state index contributed by atoms with van der Waals surface area (Å²) >= 11 is 0. The van der Waals surface area contributed by atoms with E-state index in [4.69, 9.17) is 4.74 Å². The predicted molar refractivity (Wildman–Crippen MR) is 117 cm³/mol. The molecular formula is C23H18F5N5O2. The van der Waals surface area contributed by atoms with Crippen molar-refractivity contribution in [2.24, 2.45) is 0 Å². The number of aryl methyl sites for hydroxylation is 1. The second-order valence-electron chi connectivity index (χ2n) is 7.53. The van der Waals surface area contributed by atoms with Crippen LogP contribution in [0, 0.1) is 18.6 Å². The number of aromatic nitrogens is 3. The molecule has 2 N–H and O–H groups in total. The average Bonchev–Trinajstić information content (AvgIpc) is 3.14. The number of rotatable bonds is 5. The van der Waals surface area contributed by atoms with E-state index in [0.717, 1.165) is 4.57 Å². The SMILES string of the molecule is CNCc1cc(Oc2ccc3c(cc(C)n3C(=O)Nc3cc(C(F)(F)F)ccc3F)c2F)ncn1. The third-order valence-corrected chi connectivity index (χ3v) is 5.08. The fourth-order valence-corrected chi connectivity index (χ4v) is 3.50. The van der Waals surface area contributed by atoms with Crippen molar-refractivity contribution in [2.75, 3.05) is 12.4 Å². The molecule has 0 aliphatic heterocycles. The molecule has 2 heterocycles. The molecule has 0 fully saturated rings. The standard InChI is InChI=1S/C23H18F5N5O2/c1-12-7-15-18(5-6-19(21(15)25)35-20-9-14(10-29-2)30-11-31-20)33(12)22(34)32-17-8-13(23(26,27)28)3-4-16(17)24/h3-9,11,29H,10H2,1-2H3,(H,32,34). The molecule has 2 aromatic carbocycles. The van der Waals surface area contributed by atoms with Crippen molar-refractivity contribution in [3.63, 3.8) is 0 Å². The van der Waals surface area contributed by atoms with E-state index in [9.17, 15) is 22.4 Å². The lowest BCUT2D eigenvalue weighted by Gasteiger charge is -2.13. The zero-order valence-corrected chi connectivity index (χ0v) is 18.4. The number of hydrogen-bond acceptors (Lipinski definition) is 5. The molecule has 0 aliphatic carbocycles. The molecule has 1 amide bonds. The number of nitrogens with zero attached hydrogens (tertiary/aromatic N) is 3.